The van der Waals surface area contributed by atoms with Crippen molar-refractivity contribution in [1.29, 1.82) is 0 Å². The number of carbonyl (C=O) groups is 1. The van der Waals surface area contributed by atoms with E-state index in [1.807, 2.05) is 13.8 Å². The number of rotatable bonds is 6. The molecule has 0 bridgehead atoms. The van der Waals surface area contributed by atoms with Gasteiger partial charge < -0.3 is 5.32 Å². The molecule has 0 aliphatic heterocycles. The molecule has 0 saturated carbocycles. The van der Waals surface area contributed by atoms with Crippen LogP contribution in [0.15, 0.2) is 18.2 Å². The summed E-state index contributed by atoms with van der Waals surface area (Å²) in [6, 6.07) is 3.60. The Kier molecular flexibility index (Phi) is 5.91. The topological polar surface area (TPSA) is 29.1 Å². The Morgan fingerprint density at radius 1 is 1.37 bits per heavy atom. The molecule has 1 N–H and O–H groups in total. The molecule has 2 nitrogen and oxygen atoms in total. The zero-order valence-electron chi connectivity index (χ0n) is 11.1. The second-order valence-corrected chi connectivity index (χ2v) is 5.57. The van der Waals surface area contributed by atoms with Gasteiger partial charge in [0.05, 0.1) is 6.42 Å². The number of hydrogen-bond donors (Lipinski definition) is 1. The van der Waals surface area contributed by atoms with Crippen molar-refractivity contribution in [3.8, 4) is 0 Å². The second kappa shape index (κ2) is 6.98. The number of alkyl halides is 1. The third kappa shape index (κ3) is 4.56. The lowest BCUT2D eigenvalue weighted by Crippen LogP contribution is -2.46. The van der Waals surface area contributed by atoms with Gasteiger partial charge in [-0.25, -0.2) is 8.78 Å². The van der Waals surface area contributed by atoms with Crippen LogP contribution in [-0.2, 0) is 11.2 Å². The number of nitrogens with one attached hydrogen (secondary N) is 1. The Morgan fingerprint density at radius 3 is 2.42 bits per heavy atom. The van der Waals surface area contributed by atoms with E-state index in [0.717, 1.165) is 30.3 Å². The molecule has 19 heavy (non-hydrogen) atoms. The number of amides is 1. The van der Waals surface area contributed by atoms with Gasteiger partial charge in [-0.1, -0.05) is 28.9 Å². The normalized spacial score (nSPS) is 13.9. The SMILES string of the molecule is CCC(C)(CCBr)NC(=O)Cc1c(F)cccc1F. The number of benzene rings is 1. The highest BCUT2D eigenvalue weighted by Crippen LogP contribution is 2.17. The largest absolute Gasteiger partial charge is 0.351 e. The summed E-state index contributed by atoms with van der Waals surface area (Å²) in [5.74, 6) is -1.74. The molecular weight excluding hydrogens is 316 g/mol. The van der Waals surface area contributed by atoms with E-state index in [-0.39, 0.29) is 23.4 Å². The van der Waals surface area contributed by atoms with Gasteiger partial charge in [0.2, 0.25) is 5.91 Å². The van der Waals surface area contributed by atoms with Crippen molar-refractivity contribution in [1.82, 2.24) is 5.32 Å². The summed E-state index contributed by atoms with van der Waals surface area (Å²) in [4.78, 5) is 11.9. The summed E-state index contributed by atoms with van der Waals surface area (Å²) >= 11 is 3.33. The average molecular weight is 334 g/mol. The summed E-state index contributed by atoms with van der Waals surface area (Å²) in [7, 11) is 0. The number of halogens is 3. The van der Waals surface area contributed by atoms with E-state index in [4.69, 9.17) is 0 Å². The minimum atomic E-state index is -0.686. The van der Waals surface area contributed by atoms with Gasteiger partial charge >= 0.3 is 0 Å². The quantitative estimate of drug-likeness (QED) is 0.792. The smallest absolute Gasteiger partial charge is 0.225 e. The molecule has 0 aliphatic carbocycles. The van der Waals surface area contributed by atoms with Gasteiger partial charge in [-0.2, -0.15) is 0 Å². The Morgan fingerprint density at radius 2 is 1.95 bits per heavy atom. The fourth-order valence-corrected chi connectivity index (χ4v) is 2.65. The van der Waals surface area contributed by atoms with Crippen molar-refractivity contribution in [3.05, 3.63) is 35.4 Å². The van der Waals surface area contributed by atoms with Crippen molar-refractivity contribution in [2.75, 3.05) is 5.33 Å². The van der Waals surface area contributed by atoms with Crippen LogP contribution in [-0.4, -0.2) is 16.8 Å². The molecule has 1 atom stereocenters. The lowest BCUT2D eigenvalue weighted by Gasteiger charge is -2.29. The summed E-state index contributed by atoms with van der Waals surface area (Å²) in [6.07, 6.45) is 1.23. The maximum Gasteiger partial charge on any atom is 0.225 e. The highest BCUT2D eigenvalue weighted by Gasteiger charge is 2.24. The zero-order valence-corrected chi connectivity index (χ0v) is 12.7. The standard InChI is InChI=1S/C14H18BrF2NO/c1-3-14(2,7-8-15)18-13(19)9-10-11(16)5-4-6-12(10)17/h4-6H,3,7-9H2,1-2H3,(H,18,19). The minimum Gasteiger partial charge on any atom is -0.351 e. The first-order valence-electron chi connectivity index (χ1n) is 6.21. The lowest BCUT2D eigenvalue weighted by molar-refractivity contribution is -0.122. The van der Waals surface area contributed by atoms with Gasteiger partial charge in [0.1, 0.15) is 11.6 Å². The molecular formula is C14H18BrF2NO. The first kappa shape index (κ1) is 16.1. The van der Waals surface area contributed by atoms with Crippen molar-refractivity contribution in [2.45, 2.75) is 38.6 Å². The van der Waals surface area contributed by atoms with Gasteiger partial charge in [-0.15, -0.1) is 0 Å². The van der Waals surface area contributed by atoms with Gasteiger partial charge in [0.15, 0.2) is 0 Å². The molecule has 0 fully saturated rings. The lowest BCUT2D eigenvalue weighted by atomic mass is 9.95. The molecule has 1 rings (SSSR count). The zero-order chi connectivity index (χ0) is 14.5. The highest BCUT2D eigenvalue weighted by atomic mass is 79.9. The van der Waals surface area contributed by atoms with Crippen LogP contribution in [0.3, 0.4) is 0 Å². The summed E-state index contributed by atoms with van der Waals surface area (Å²) in [5.41, 5.74) is -0.542. The predicted molar refractivity (Wildman–Crippen MR) is 75.3 cm³/mol. The molecule has 106 valence electrons. The second-order valence-electron chi connectivity index (χ2n) is 4.78. The van der Waals surface area contributed by atoms with E-state index >= 15 is 0 Å². The molecule has 1 amide bonds. The molecule has 0 saturated heterocycles. The van der Waals surface area contributed by atoms with Crippen molar-refractivity contribution >= 4 is 21.8 Å². The van der Waals surface area contributed by atoms with Crippen LogP contribution >= 0.6 is 15.9 Å². The molecule has 1 unspecified atom stereocenters. The van der Waals surface area contributed by atoms with E-state index in [1.54, 1.807) is 0 Å². The summed E-state index contributed by atoms with van der Waals surface area (Å²) < 4.78 is 26.9. The Hall–Kier alpha value is -0.970. The number of hydrogen-bond acceptors (Lipinski definition) is 1. The third-order valence-corrected chi connectivity index (χ3v) is 3.66. The van der Waals surface area contributed by atoms with E-state index < -0.39 is 11.6 Å². The average Bonchev–Trinajstić information content (AvgIpc) is 2.34. The van der Waals surface area contributed by atoms with E-state index in [1.165, 1.54) is 6.07 Å². The highest BCUT2D eigenvalue weighted by molar-refractivity contribution is 9.09. The molecule has 1 aromatic rings. The van der Waals surface area contributed by atoms with Crippen molar-refractivity contribution in [3.63, 3.8) is 0 Å². The predicted octanol–water partition coefficient (Wildman–Crippen LogP) is 3.58. The van der Waals surface area contributed by atoms with Crippen LogP contribution in [0.1, 0.15) is 32.3 Å². The van der Waals surface area contributed by atoms with Crippen LogP contribution < -0.4 is 5.32 Å². The first-order chi connectivity index (χ1) is 8.91. The third-order valence-electron chi connectivity index (χ3n) is 3.27. The maximum atomic E-state index is 13.4. The van der Waals surface area contributed by atoms with Crippen molar-refractivity contribution < 1.29 is 13.6 Å². The molecule has 0 spiro atoms. The van der Waals surface area contributed by atoms with Gasteiger partial charge in [-0.3, -0.25) is 4.79 Å². The fourth-order valence-electron chi connectivity index (χ4n) is 1.78. The van der Waals surface area contributed by atoms with Gasteiger partial charge in [-0.05, 0) is 31.9 Å². The minimum absolute atomic E-state index is 0.183. The van der Waals surface area contributed by atoms with Crippen LogP contribution in [0, 0.1) is 11.6 Å². The van der Waals surface area contributed by atoms with Gasteiger partial charge in [0, 0.05) is 16.4 Å². The van der Waals surface area contributed by atoms with E-state index in [2.05, 4.69) is 21.2 Å². The molecule has 1 aromatic carbocycles. The summed E-state index contributed by atoms with van der Waals surface area (Å²) in [5, 5.41) is 3.60. The first-order valence-corrected chi connectivity index (χ1v) is 7.34. The van der Waals surface area contributed by atoms with Gasteiger partial charge in [0.25, 0.3) is 0 Å². The molecule has 0 heterocycles. The van der Waals surface area contributed by atoms with Crippen LogP contribution in [0.5, 0.6) is 0 Å². The Labute approximate surface area is 120 Å². The molecule has 0 aromatic heterocycles. The fraction of sp³-hybridized carbons (Fsp3) is 0.500. The summed E-state index contributed by atoms with van der Waals surface area (Å²) in [6.45, 7) is 3.89. The molecule has 0 radical (unpaired) electrons. The van der Waals surface area contributed by atoms with E-state index in [9.17, 15) is 13.6 Å². The molecule has 5 heteroatoms. The van der Waals surface area contributed by atoms with Crippen LogP contribution in [0.25, 0.3) is 0 Å². The van der Waals surface area contributed by atoms with Crippen LogP contribution in [0.4, 0.5) is 8.78 Å². The number of carbonyl (C=O) groups excluding carboxylic acids is 1. The van der Waals surface area contributed by atoms with Crippen LogP contribution in [0.2, 0.25) is 0 Å². The monoisotopic (exact) mass is 333 g/mol. The molecule has 0 aliphatic rings. The maximum absolute atomic E-state index is 13.4. The Bertz CT molecular complexity index is 433. The van der Waals surface area contributed by atoms with Crippen molar-refractivity contribution in [2.24, 2.45) is 0 Å². The van der Waals surface area contributed by atoms with E-state index in [0.29, 0.717) is 0 Å². The Balaban J connectivity index is 2.75.